The van der Waals surface area contributed by atoms with Gasteiger partial charge in [-0.15, -0.1) is 0 Å². The highest BCUT2D eigenvalue weighted by molar-refractivity contribution is 9.10. The van der Waals surface area contributed by atoms with Crippen LogP contribution in [-0.4, -0.2) is 42.5 Å². The van der Waals surface area contributed by atoms with Gasteiger partial charge in [-0.2, -0.15) is 0 Å². The van der Waals surface area contributed by atoms with Gasteiger partial charge >= 0.3 is 0 Å². The summed E-state index contributed by atoms with van der Waals surface area (Å²) in [6.45, 7) is 7.00. The Bertz CT molecular complexity index is 381. The van der Waals surface area contributed by atoms with Gasteiger partial charge in [0.05, 0.1) is 0 Å². The molecule has 1 aromatic rings. The van der Waals surface area contributed by atoms with Crippen molar-refractivity contribution in [3.05, 3.63) is 34.3 Å². The molecule has 0 aliphatic carbocycles. The third kappa shape index (κ3) is 3.56. The number of halogens is 1. The molecule has 2 rings (SSSR count). The second kappa shape index (κ2) is 6.69. The van der Waals surface area contributed by atoms with Gasteiger partial charge in [0, 0.05) is 30.1 Å². The van der Waals surface area contributed by atoms with Crippen LogP contribution < -0.4 is 0 Å². The fraction of sp³-hybridized carbons (Fsp3) is 0.600. The summed E-state index contributed by atoms with van der Waals surface area (Å²) in [4.78, 5) is 5.11. The summed E-state index contributed by atoms with van der Waals surface area (Å²) in [7, 11) is 2.24. The molecule has 18 heavy (non-hydrogen) atoms. The van der Waals surface area contributed by atoms with E-state index in [9.17, 15) is 0 Å². The molecule has 0 aromatic heterocycles. The van der Waals surface area contributed by atoms with E-state index in [0.29, 0.717) is 6.04 Å². The first kappa shape index (κ1) is 14.0. The topological polar surface area (TPSA) is 6.48 Å². The zero-order valence-electron chi connectivity index (χ0n) is 11.4. The molecule has 1 atom stereocenters. The molecule has 1 saturated heterocycles. The van der Waals surface area contributed by atoms with Crippen LogP contribution in [0.4, 0.5) is 0 Å². The van der Waals surface area contributed by atoms with Gasteiger partial charge in [0.25, 0.3) is 0 Å². The molecule has 2 nitrogen and oxygen atoms in total. The van der Waals surface area contributed by atoms with Crippen molar-refractivity contribution in [1.29, 1.82) is 0 Å². The summed E-state index contributed by atoms with van der Waals surface area (Å²) in [6, 6.07) is 9.27. The van der Waals surface area contributed by atoms with Crippen LogP contribution in [0.2, 0.25) is 0 Å². The van der Waals surface area contributed by atoms with Crippen LogP contribution in [-0.2, 0) is 6.54 Å². The summed E-state index contributed by atoms with van der Waals surface area (Å²) in [5.74, 6) is 0. The zero-order chi connectivity index (χ0) is 13.0. The Labute approximate surface area is 119 Å². The van der Waals surface area contributed by atoms with Gasteiger partial charge in [-0.1, -0.05) is 41.1 Å². The Hall–Kier alpha value is -0.380. The highest BCUT2D eigenvalue weighted by atomic mass is 79.9. The fourth-order valence-corrected chi connectivity index (χ4v) is 3.14. The molecule has 1 aliphatic heterocycles. The van der Waals surface area contributed by atoms with Crippen molar-refractivity contribution in [2.24, 2.45) is 0 Å². The summed E-state index contributed by atoms with van der Waals surface area (Å²) < 4.78 is 1.23. The van der Waals surface area contributed by atoms with Crippen molar-refractivity contribution in [2.75, 3.05) is 26.7 Å². The Morgan fingerprint density at radius 1 is 1.28 bits per heavy atom. The number of hydrogen-bond donors (Lipinski definition) is 0. The van der Waals surface area contributed by atoms with E-state index in [4.69, 9.17) is 0 Å². The van der Waals surface area contributed by atoms with E-state index < -0.39 is 0 Å². The molecule has 1 unspecified atom stereocenters. The van der Waals surface area contributed by atoms with Gasteiger partial charge in [-0.05, 0) is 38.1 Å². The Morgan fingerprint density at radius 2 is 2.06 bits per heavy atom. The van der Waals surface area contributed by atoms with E-state index >= 15 is 0 Å². The monoisotopic (exact) mass is 310 g/mol. The van der Waals surface area contributed by atoms with Crippen LogP contribution in [0.1, 0.15) is 25.3 Å². The average Bonchev–Trinajstić information content (AvgIpc) is 2.54. The number of benzene rings is 1. The molecule has 0 N–H and O–H groups in total. The van der Waals surface area contributed by atoms with Gasteiger partial charge in [0.15, 0.2) is 0 Å². The molecule has 1 fully saturated rings. The Morgan fingerprint density at radius 3 is 2.78 bits per heavy atom. The van der Waals surface area contributed by atoms with Crippen molar-refractivity contribution >= 4 is 15.9 Å². The van der Waals surface area contributed by atoms with Crippen molar-refractivity contribution in [3.8, 4) is 0 Å². The molecule has 3 heteroatoms. The number of nitrogens with zero attached hydrogens (tertiary/aromatic N) is 2. The van der Waals surface area contributed by atoms with Crippen LogP contribution in [0.3, 0.4) is 0 Å². The van der Waals surface area contributed by atoms with E-state index in [0.717, 1.165) is 6.54 Å². The molecule has 100 valence electrons. The summed E-state index contributed by atoms with van der Waals surface area (Å²) in [6.07, 6.45) is 2.51. The minimum Gasteiger partial charge on any atom is -0.305 e. The van der Waals surface area contributed by atoms with Crippen molar-refractivity contribution < 1.29 is 0 Å². The molecular weight excluding hydrogens is 288 g/mol. The largest absolute Gasteiger partial charge is 0.305 e. The smallest absolute Gasteiger partial charge is 0.0248 e. The lowest BCUT2D eigenvalue weighted by Gasteiger charge is -2.30. The fourth-order valence-electron chi connectivity index (χ4n) is 2.73. The normalized spacial score (nSPS) is 22.9. The summed E-state index contributed by atoms with van der Waals surface area (Å²) in [5, 5.41) is 0. The zero-order valence-corrected chi connectivity index (χ0v) is 13.0. The molecule has 0 spiro atoms. The standard InChI is InChI=1S/C15H23BrN2/c1-3-14-12-17(2)9-6-10-18(14)11-13-7-4-5-8-15(13)16/h4-5,7-8,14H,3,6,9-12H2,1-2H3. The van der Waals surface area contributed by atoms with Crippen molar-refractivity contribution in [1.82, 2.24) is 9.80 Å². The first-order valence-electron chi connectivity index (χ1n) is 6.86. The van der Waals surface area contributed by atoms with Crippen LogP contribution in [0, 0.1) is 0 Å². The minimum absolute atomic E-state index is 0.685. The Balaban J connectivity index is 2.08. The maximum absolute atomic E-state index is 3.66. The minimum atomic E-state index is 0.685. The van der Waals surface area contributed by atoms with Crippen LogP contribution in [0.25, 0.3) is 0 Å². The predicted octanol–water partition coefficient (Wildman–Crippen LogP) is 3.37. The molecule has 1 aliphatic rings. The van der Waals surface area contributed by atoms with E-state index in [-0.39, 0.29) is 0 Å². The van der Waals surface area contributed by atoms with Crippen molar-refractivity contribution in [3.63, 3.8) is 0 Å². The van der Waals surface area contributed by atoms with Crippen molar-refractivity contribution in [2.45, 2.75) is 32.4 Å². The number of rotatable bonds is 3. The van der Waals surface area contributed by atoms with Gasteiger partial charge < -0.3 is 4.90 Å². The summed E-state index contributed by atoms with van der Waals surface area (Å²) in [5.41, 5.74) is 1.40. The molecule has 1 heterocycles. The SMILES string of the molecule is CCC1CN(C)CCCN1Cc1ccccc1Br. The van der Waals surface area contributed by atoms with Crippen LogP contribution in [0.5, 0.6) is 0 Å². The molecule has 0 radical (unpaired) electrons. The lowest BCUT2D eigenvalue weighted by Crippen LogP contribution is -2.39. The molecular formula is C15H23BrN2. The van der Waals surface area contributed by atoms with E-state index in [1.165, 1.54) is 42.5 Å². The molecule has 0 bridgehead atoms. The van der Waals surface area contributed by atoms with E-state index in [1.54, 1.807) is 0 Å². The van der Waals surface area contributed by atoms with Gasteiger partial charge in [0.1, 0.15) is 0 Å². The van der Waals surface area contributed by atoms with E-state index in [1.807, 2.05) is 0 Å². The van der Waals surface area contributed by atoms with Gasteiger partial charge in [-0.25, -0.2) is 0 Å². The van der Waals surface area contributed by atoms with Crippen LogP contribution in [0.15, 0.2) is 28.7 Å². The lowest BCUT2D eigenvalue weighted by molar-refractivity contribution is 0.175. The highest BCUT2D eigenvalue weighted by Gasteiger charge is 2.22. The maximum atomic E-state index is 3.66. The first-order valence-corrected chi connectivity index (χ1v) is 7.66. The predicted molar refractivity (Wildman–Crippen MR) is 80.7 cm³/mol. The maximum Gasteiger partial charge on any atom is 0.0248 e. The third-order valence-electron chi connectivity index (χ3n) is 3.83. The third-order valence-corrected chi connectivity index (χ3v) is 4.60. The second-order valence-electron chi connectivity index (χ2n) is 5.24. The van der Waals surface area contributed by atoms with Gasteiger partial charge in [-0.3, -0.25) is 4.90 Å². The highest BCUT2D eigenvalue weighted by Crippen LogP contribution is 2.21. The second-order valence-corrected chi connectivity index (χ2v) is 6.09. The number of likely N-dealkylation sites (N-methyl/N-ethyl adjacent to an activating group) is 1. The van der Waals surface area contributed by atoms with Gasteiger partial charge in [0.2, 0.25) is 0 Å². The lowest BCUT2D eigenvalue weighted by atomic mass is 10.1. The number of hydrogen-bond acceptors (Lipinski definition) is 2. The Kier molecular flexibility index (Phi) is 5.22. The van der Waals surface area contributed by atoms with Crippen LogP contribution >= 0.6 is 15.9 Å². The molecule has 0 saturated carbocycles. The average molecular weight is 311 g/mol. The quantitative estimate of drug-likeness (QED) is 0.844. The first-order chi connectivity index (χ1) is 8.70. The molecule has 1 aromatic carbocycles. The molecule has 0 amide bonds. The van der Waals surface area contributed by atoms with E-state index in [2.05, 4.69) is 64.0 Å². The summed E-state index contributed by atoms with van der Waals surface area (Å²) >= 11 is 3.66.